The number of amides is 1. The number of hydrogen-bond acceptors (Lipinski definition) is 4. The van der Waals surface area contributed by atoms with Crippen LogP contribution in [0, 0.1) is 0 Å². The maximum Gasteiger partial charge on any atom is 0.235 e. The van der Waals surface area contributed by atoms with Crippen LogP contribution in [0.1, 0.15) is 17.5 Å². The fourth-order valence-electron chi connectivity index (χ4n) is 2.84. The highest BCUT2D eigenvalue weighted by Crippen LogP contribution is 2.08. The molecule has 0 aliphatic rings. The summed E-state index contributed by atoms with van der Waals surface area (Å²) in [5.41, 5.74) is 2.82. The van der Waals surface area contributed by atoms with Crippen molar-refractivity contribution in [2.75, 3.05) is 11.5 Å². The molecule has 3 aromatic rings. The lowest BCUT2D eigenvalue weighted by Crippen LogP contribution is -2.30. The second-order valence-electron chi connectivity index (χ2n) is 6.59. The first-order valence-corrected chi connectivity index (χ1v) is 10.9. The SMILES string of the molecule is O=C(CS(=O)(=O)CCCc1ccccc1)NCc1cnn(-c2ccccc2)c1. The van der Waals surface area contributed by atoms with Crippen LogP contribution in [0.5, 0.6) is 0 Å². The van der Waals surface area contributed by atoms with Crippen molar-refractivity contribution < 1.29 is 13.2 Å². The lowest BCUT2D eigenvalue weighted by Gasteiger charge is -2.06. The number of para-hydroxylation sites is 1. The molecule has 0 saturated carbocycles. The number of aromatic nitrogens is 2. The average Bonchev–Trinajstić information content (AvgIpc) is 3.16. The van der Waals surface area contributed by atoms with Crippen LogP contribution in [0.2, 0.25) is 0 Å². The number of benzene rings is 2. The van der Waals surface area contributed by atoms with Crippen LogP contribution in [0.4, 0.5) is 0 Å². The Bertz CT molecular complexity index is 1000. The van der Waals surface area contributed by atoms with E-state index in [1.165, 1.54) is 0 Å². The maximum atomic E-state index is 12.2. The third kappa shape index (κ3) is 6.06. The van der Waals surface area contributed by atoms with Crippen molar-refractivity contribution in [3.8, 4) is 5.69 Å². The molecule has 0 fully saturated rings. The van der Waals surface area contributed by atoms with E-state index in [4.69, 9.17) is 0 Å². The van der Waals surface area contributed by atoms with Gasteiger partial charge < -0.3 is 5.32 Å². The molecular weight excluding hydrogens is 374 g/mol. The minimum atomic E-state index is -3.43. The number of aryl methyl sites for hydroxylation is 1. The Morgan fingerprint density at radius 1 is 0.964 bits per heavy atom. The van der Waals surface area contributed by atoms with Gasteiger partial charge in [0.1, 0.15) is 5.75 Å². The molecule has 0 aliphatic heterocycles. The highest BCUT2D eigenvalue weighted by molar-refractivity contribution is 7.92. The third-order valence-electron chi connectivity index (χ3n) is 4.26. The first-order valence-electron chi connectivity index (χ1n) is 9.12. The Kier molecular flexibility index (Phi) is 6.60. The molecule has 28 heavy (non-hydrogen) atoms. The van der Waals surface area contributed by atoms with Gasteiger partial charge in [-0.05, 0) is 30.5 Å². The number of nitrogens with zero attached hydrogens (tertiary/aromatic N) is 2. The normalized spacial score (nSPS) is 11.3. The lowest BCUT2D eigenvalue weighted by atomic mass is 10.1. The van der Waals surface area contributed by atoms with Crippen molar-refractivity contribution in [2.24, 2.45) is 0 Å². The topological polar surface area (TPSA) is 81.1 Å². The second kappa shape index (κ2) is 9.32. The van der Waals surface area contributed by atoms with Crippen molar-refractivity contribution in [1.29, 1.82) is 0 Å². The van der Waals surface area contributed by atoms with E-state index in [1.54, 1.807) is 10.9 Å². The first-order chi connectivity index (χ1) is 13.5. The van der Waals surface area contributed by atoms with Crippen LogP contribution in [-0.2, 0) is 27.6 Å². The van der Waals surface area contributed by atoms with Crippen molar-refractivity contribution in [3.63, 3.8) is 0 Å². The van der Waals surface area contributed by atoms with Gasteiger partial charge >= 0.3 is 0 Å². The number of hydrogen-bond donors (Lipinski definition) is 1. The van der Waals surface area contributed by atoms with Crippen LogP contribution >= 0.6 is 0 Å². The van der Waals surface area contributed by atoms with Gasteiger partial charge in [0.15, 0.2) is 9.84 Å². The lowest BCUT2D eigenvalue weighted by molar-refractivity contribution is -0.118. The van der Waals surface area contributed by atoms with Crippen LogP contribution in [0.25, 0.3) is 5.69 Å². The van der Waals surface area contributed by atoms with Crippen molar-refractivity contribution in [2.45, 2.75) is 19.4 Å². The summed E-state index contributed by atoms with van der Waals surface area (Å²) < 4.78 is 26.0. The number of rotatable bonds is 9. The monoisotopic (exact) mass is 397 g/mol. The molecule has 0 unspecified atom stereocenters. The Hall–Kier alpha value is -2.93. The zero-order valence-electron chi connectivity index (χ0n) is 15.5. The van der Waals surface area contributed by atoms with Crippen molar-refractivity contribution in [3.05, 3.63) is 84.2 Å². The van der Waals surface area contributed by atoms with Gasteiger partial charge in [0.2, 0.25) is 5.91 Å². The Labute approximate surface area is 165 Å². The predicted molar refractivity (Wildman–Crippen MR) is 109 cm³/mol. The summed E-state index contributed by atoms with van der Waals surface area (Å²) >= 11 is 0. The fraction of sp³-hybridized carbons (Fsp3) is 0.238. The molecule has 0 atom stereocenters. The standard InChI is InChI=1S/C21H23N3O3S/c25-21(17-28(26,27)13-7-10-18-8-3-1-4-9-18)22-14-19-15-23-24(16-19)20-11-5-2-6-12-20/h1-6,8-9,11-12,15-16H,7,10,13-14,17H2,(H,22,25). The van der Waals surface area contributed by atoms with Crippen molar-refractivity contribution in [1.82, 2.24) is 15.1 Å². The van der Waals surface area contributed by atoms with Crippen LogP contribution in [0.3, 0.4) is 0 Å². The number of carbonyl (C=O) groups excluding carboxylic acids is 1. The van der Waals surface area contributed by atoms with Gasteiger partial charge in [0.25, 0.3) is 0 Å². The summed E-state index contributed by atoms with van der Waals surface area (Å²) in [7, 11) is -3.43. The minimum absolute atomic E-state index is 0.00124. The zero-order valence-corrected chi connectivity index (χ0v) is 16.3. The molecular formula is C21H23N3O3S. The fourth-order valence-corrected chi connectivity index (χ4v) is 4.07. The zero-order chi connectivity index (χ0) is 19.8. The van der Waals surface area contributed by atoms with E-state index >= 15 is 0 Å². The molecule has 0 bridgehead atoms. The first kappa shape index (κ1) is 19.8. The number of sulfone groups is 1. The molecule has 3 rings (SSSR count). The second-order valence-corrected chi connectivity index (χ2v) is 8.77. The van der Waals surface area contributed by atoms with Gasteiger partial charge in [-0.25, -0.2) is 13.1 Å². The van der Waals surface area contributed by atoms with E-state index in [-0.39, 0.29) is 12.3 Å². The molecule has 1 aromatic heterocycles. The van der Waals surface area contributed by atoms with E-state index < -0.39 is 21.5 Å². The Balaban J connectivity index is 1.44. The van der Waals surface area contributed by atoms with E-state index in [9.17, 15) is 13.2 Å². The Morgan fingerprint density at radius 3 is 2.36 bits per heavy atom. The summed E-state index contributed by atoms with van der Waals surface area (Å²) in [6.45, 7) is 0.241. The van der Waals surface area contributed by atoms with E-state index in [0.29, 0.717) is 12.8 Å². The maximum absolute atomic E-state index is 12.2. The number of carbonyl (C=O) groups is 1. The molecule has 146 valence electrons. The molecule has 1 heterocycles. The molecule has 0 radical (unpaired) electrons. The summed E-state index contributed by atoms with van der Waals surface area (Å²) in [5, 5.41) is 6.91. The van der Waals surface area contributed by atoms with E-state index in [0.717, 1.165) is 16.8 Å². The largest absolute Gasteiger partial charge is 0.351 e. The molecule has 6 nitrogen and oxygen atoms in total. The summed E-state index contributed by atoms with van der Waals surface area (Å²) in [6, 6.07) is 19.3. The van der Waals surface area contributed by atoms with Gasteiger partial charge in [0.05, 0.1) is 17.6 Å². The molecule has 0 saturated heterocycles. The van der Waals surface area contributed by atoms with Crippen molar-refractivity contribution >= 4 is 15.7 Å². The molecule has 7 heteroatoms. The predicted octanol–water partition coefficient (Wildman–Crippen LogP) is 2.54. The summed E-state index contributed by atoms with van der Waals surface area (Å²) in [6.07, 6.45) is 4.65. The highest BCUT2D eigenvalue weighted by Gasteiger charge is 2.16. The molecule has 1 N–H and O–H groups in total. The van der Waals surface area contributed by atoms with Gasteiger partial charge in [-0.1, -0.05) is 48.5 Å². The highest BCUT2D eigenvalue weighted by atomic mass is 32.2. The quantitative estimate of drug-likeness (QED) is 0.602. The Morgan fingerprint density at radius 2 is 1.64 bits per heavy atom. The smallest absolute Gasteiger partial charge is 0.235 e. The van der Waals surface area contributed by atoms with Gasteiger partial charge in [-0.15, -0.1) is 0 Å². The number of nitrogens with one attached hydrogen (secondary N) is 1. The molecule has 1 amide bonds. The van der Waals surface area contributed by atoms with E-state index in [2.05, 4.69) is 10.4 Å². The molecule has 2 aromatic carbocycles. The van der Waals surface area contributed by atoms with Gasteiger partial charge in [0, 0.05) is 18.3 Å². The minimum Gasteiger partial charge on any atom is -0.351 e. The average molecular weight is 398 g/mol. The summed E-state index contributed by atoms with van der Waals surface area (Å²) in [5.74, 6) is -0.984. The van der Waals surface area contributed by atoms with Gasteiger partial charge in [-0.3, -0.25) is 4.79 Å². The molecule has 0 spiro atoms. The van der Waals surface area contributed by atoms with Crippen LogP contribution < -0.4 is 5.32 Å². The van der Waals surface area contributed by atoms with Crippen LogP contribution in [-0.4, -0.2) is 35.6 Å². The molecule has 0 aliphatic carbocycles. The third-order valence-corrected chi connectivity index (χ3v) is 5.87. The van der Waals surface area contributed by atoms with Gasteiger partial charge in [-0.2, -0.15) is 5.10 Å². The van der Waals surface area contributed by atoms with Crippen LogP contribution in [0.15, 0.2) is 73.1 Å². The van der Waals surface area contributed by atoms with E-state index in [1.807, 2.05) is 66.9 Å². The summed E-state index contributed by atoms with van der Waals surface area (Å²) in [4.78, 5) is 12.0.